The van der Waals surface area contributed by atoms with E-state index in [2.05, 4.69) is 9.97 Å². The number of nitrogens with one attached hydrogen (secondary N) is 2. The highest BCUT2D eigenvalue weighted by atomic mass is 16.3. The maximum Gasteiger partial charge on any atom is 0.200 e. The van der Waals surface area contributed by atoms with Gasteiger partial charge in [0.05, 0.1) is 16.3 Å². The van der Waals surface area contributed by atoms with E-state index in [-0.39, 0.29) is 17.5 Å². The number of carbonyl (C=O) groups is 1. The van der Waals surface area contributed by atoms with E-state index >= 15 is 0 Å². The molecule has 0 amide bonds. The van der Waals surface area contributed by atoms with Gasteiger partial charge in [0.15, 0.2) is 11.8 Å². The zero-order valence-electron chi connectivity index (χ0n) is 12.9. The van der Waals surface area contributed by atoms with Gasteiger partial charge in [0.25, 0.3) is 0 Å². The molecule has 0 atom stereocenters. The van der Waals surface area contributed by atoms with Crippen LogP contribution in [-0.4, -0.2) is 26.0 Å². The van der Waals surface area contributed by atoms with E-state index in [9.17, 15) is 15.0 Å². The number of benzene rings is 2. The molecule has 24 heavy (non-hydrogen) atoms. The summed E-state index contributed by atoms with van der Waals surface area (Å²) in [6, 6.07) is 7.93. The molecule has 0 unspecified atom stereocenters. The molecule has 2 heterocycles. The van der Waals surface area contributed by atoms with Crippen molar-refractivity contribution in [2.45, 2.75) is 25.7 Å². The van der Waals surface area contributed by atoms with Crippen LogP contribution in [0.15, 0.2) is 24.3 Å². The van der Waals surface area contributed by atoms with Crippen molar-refractivity contribution in [1.29, 1.82) is 0 Å². The minimum absolute atomic E-state index is 0.0275. The lowest BCUT2D eigenvalue weighted by Crippen LogP contribution is -1.95. The Hall–Kier alpha value is -2.95. The largest absolute Gasteiger partial charge is 0.494 e. The van der Waals surface area contributed by atoms with Gasteiger partial charge in [-0.3, -0.25) is 9.78 Å². The van der Waals surface area contributed by atoms with E-state index in [1.807, 2.05) is 24.3 Å². The topological polar surface area (TPSA) is 89.1 Å². The van der Waals surface area contributed by atoms with Crippen LogP contribution in [0.3, 0.4) is 0 Å². The zero-order valence-corrected chi connectivity index (χ0v) is 12.9. The van der Waals surface area contributed by atoms with E-state index in [4.69, 9.17) is 0 Å². The van der Waals surface area contributed by atoms with Crippen LogP contribution in [0.5, 0.6) is 11.8 Å². The number of aromatic nitrogens is 2. The van der Waals surface area contributed by atoms with Gasteiger partial charge in [0.2, 0.25) is 0 Å². The fourth-order valence-corrected chi connectivity index (χ4v) is 4.15. The average Bonchev–Trinajstić information content (AvgIpc) is 3.01. The number of aryl methyl sites for hydroxylation is 2. The van der Waals surface area contributed by atoms with E-state index in [1.165, 1.54) is 0 Å². The number of carbonyl (C=O) groups excluding carboxylic acids is 1. The van der Waals surface area contributed by atoms with Crippen LogP contribution in [0.4, 0.5) is 0 Å². The molecule has 5 rings (SSSR count). The summed E-state index contributed by atoms with van der Waals surface area (Å²) in [5, 5.41) is 23.9. The summed E-state index contributed by atoms with van der Waals surface area (Å²) in [6.07, 6.45) is 2.22. The number of aromatic hydroxyl groups is 2. The monoisotopic (exact) mass is 320 g/mol. The van der Waals surface area contributed by atoms with Gasteiger partial charge in [-0.2, -0.15) is 0 Å². The molecule has 0 radical (unpaired) electrons. The number of ketones is 1. The molecule has 0 spiro atoms. The van der Waals surface area contributed by atoms with Gasteiger partial charge in [-0.05, 0) is 30.0 Å². The predicted octanol–water partition coefficient (Wildman–Crippen LogP) is 3.66. The van der Waals surface area contributed by atoms with Crippen molar-refractivity contribution in [2.24, 2.45) is 0 Å². The number of hydrogen-bond donors (Lipinski definition) is 4. The first-order valence-electron chi connectivity index (χ1n) is 8.14. The van der Waals surface area contributed by atoms with Crippen LogP contribution < -0.4 is 0 Å². The summed E-state index contributed by atoms with van der Waals surface area (Å²) in [5.74, 6) is 0.179. The van der Waals surface area contributed by atoms with Crippen LogP contribution in [-0.2, 0) is 17.6 Å². The molecular weight excluding hydrogens is 304 g/mol. The van der Waals surface area contributed by atoms with E-state index in [1.54, 1.807) is 0 Å². The normalized spacial score (nSPS) is 15.2. The Bertz CT molecular complexity index is 1150. The van der Waals surface area contributed by atoms with Crippen LogP contribution >= 0.6 is 0 Å². The Balaban J connectivity index is 2.07. The third-order valence-electron chi connectivity index (χ3n) is 5.19. The molecule has 0 saturated heterocycles. The number of hydrogen-bond acceptors (Lipinski definition) is 3. The highest BCUT2D eigenvalue weighted by molar-refractivity contribution is 6.24. The van der Waals surface area contributed by atoms with Gasteiger partial charge < -0.3 is 15.2 Å². The molecule has 0 fully saturated rings. The second kappa shape index (κ2) is 4.54. The highest BCUT2D eigenvalue weighted by Crippen LogP contribution is 2.46. The lowest BCUT2D eigenvalue weighted by atomic mass is 9.93. The Kier molecular flexibility index (Phi) is 2.55. The number of rotatable bonds is 0. The maximum absolute atomic E-state index is 12.0. The second-order valence-corrected chi connectivity index (χ2v) is 6.49. The predicted molar refractivity (Wildman–Crippen MR) is 92.6 cm³/mol. The first-order valence-corrected chi connectivity index (χ1v) is 8.14. The first-order chi connectivity index (χ1) is 11.6. The minimum atomic E-state index is -0.0318. The molecule has 120 valence electrons. The molecule has 5 heteroatoms. The molecule has 4 aromatic rings. The maximum atomic E-state index is 12.0. The Morgan fingerprint density at radius 1 is 0.792 bits per heavy atom. The van der Waals surface area contributed by atoms with Crippen molar-refractivity contribution in [3.8, 4) is 11.8 Å². The second-order valence-electron chi connectivity index (χ2n) is 6.49. The van der Waals surface area contributed by atoms with Crippen LogP contribution in [0.2, 0.25) is 0 Å². The summed E-state index contributed by atoms with van der Waals surface area (Å²) in [7, 11) is 0. The lowest BCUT2D eigenvalue weighted by molar-refractivity contribution is -0.118. The summed E-state index contributed by atoms with van der Waals surface area (Å²) in [4.78, 5) is 18.1. The summed E-state index contributed by atoms with van der Waals surface area (Å²) in [6.45, 7) is 0. The number of aromatic amines is 2. The molecule has 0 saturated carbocycles. The fraction of sp³-hybridized carbons (Fsp3) is 0.211. The van der Waals surface area contributed by atoms with Crippen molar-refractivity contribution >= 4 is 38.4 Å². The molecule has 0 aliphatic heterocycles. The van der Waals surface area contributed by atoms with E-state index in [0.29, 0.717) is 36.5 Å². The quantitative estimate of drug-likeness (QED) is 0.373. The lowest BCUT2D eigenvalue weighted by Gasteiger charge is -2.10. The molecule has 2 aromatic carbocycles. The first kappa shape index (κ1) is 13.5. The number of Topliss-reactive ketones (excluding diaryl/α,β-unsaturated/α-hetero) is 1. The summed E-state index contributed by atoms with van der Waals surface area (Å²) in [5.41, 5.74) is 3.98. The average molecular weight is 320 g/mol. The fourth-order valence-electron chi connectivity index (χ4n) is 4.15. The third-order valence-corrected chi connectivity index (χ3v) is 5.19. The van der Waals surface area contributed by atoms with Crippen molar-refractivity contribution in [3.63, 3.8) is 0 Å². The van der Waals surface area contributed by atoms with Gasteiger partial charge in [-0.1, -0.05) is 18.2 Å². The summed E-state index contributed by atoms with van der Waals surface area (Å²) >= 11 is 0. The third kappa shape index (κ3) is 1.61. The van der Waals surface area contributed by atoms with Crippen LogP contribution in [0.1, 0.15) is 24.0 Å². The van der Waals surface area contributed by atoms with Crippen molar-refractivity contribution < 1.29 is 15.0 Å². The van der Waals surface area contributed by atoms with Gasteiger partial charge in [0.1, 0.15) is 5.78 Å². The van der Waals surface area contributed by atoms with E-state index < -0.39 is 0 Å². The molecule has 4 N–H and O–H groups in total. The SMILES string of the molecule is O=C1CCc2c(c3c(O)[nH]c(O)c3c3c2[nH]c2ccccc23)CC1. The number of fused-ring (bicyclic) bond motifs is 8. The number of H-pyrrole nitrogens is 2. The zero-order chi connectivity index (χ0) is 16.4. The molecule has 0 bridgehead atoms. The molecule has 2 aromatic heterocycles. The van der Waals surface area contributed by atoms with E-state index in [0.717, 1.165) is 32.9 Å². The summed E-state index contributed by atoms with van der Waals surface area (Å²) < 4.78 is 0. The Morgan fingerprint density at radius 2 is 1.50 bits per heavy atom. The Labute approximate surface area is 136 Å². The van der Waals surface area contributed by atoms with Crippen molar-refractivity contribution in [1.82, 2.24) is 9.97 Å². The molecular formula is C19H16N2O3. The van der Waals surface area contributed by atoms with Crippen LogP contribution in [0, 0.1) is 0 Å². The van der Waals surface area contributed by atoms with Crippen molar-refractivity contribution in [2.75, 3.05) is 0 Å². The van der Waals surface area contributed by atoms with Gasteiger partial charge >= 0.3 is 0 Å². The van der Waals surface area contributed by atoms with Crippen molar-refractivity contribution in [3.05, 3.63) is 35.4 Å². The molecule has 1 aliphatic rings. The van der Waals surface area contributed by atoms with Crippen LogP contribution in [0.25, 0.3) is 32.6 Å². The van der Waals surface area contributed by atoms with Gasteiger partial charge in [-0.25, -0.2) is 0 Å². The smallest absolute Gasteiger partial charge is 0.200 e. The highest BCUT2D eigenvalue weighted by Gasteiger charge is 2.26. The molecule has 5 nitrogen and oxygen atoms in total. The van der Waals surface area contributed by atoms with Gasteiger partial charge in [-0.15, -0.1) is 0 Å². The van der Waals surface area contributed by atoms with Gasteiger partial charge in [0, 0.05) is 29.1 Å². The number of para-hydroxylation sites is 1. The minimum Gasteiger partial charge on any atom is -0.494 e. The standard InChI is InChI=1S/C19H16N2O3/c22-9-5-7-10-11(8-6-9)17-14(12-3-1-2-4-13(12)20-17)16-15(10)18(23)21-19(16)24/h1-4,20-21,23-24H,5-8H2. The molecule has 1 aliphatic carbocycles. The Morgan fingerprint density at radius 3 is 2.33 bits per heavy atom.